The van der Waals surface area contributed by atoms with E-state index >= 15 is 0 Å². The van der Waals surface area contributed by atoms with Gasteiger partial charge in [0.2, 0.25) is 0 Å². The largest absolute Gasteiger partial charge is 0.396 e. The summed E-state index contributed by atoms with van der Waals surface area (Å²) in [4.78, 5) is 12.7. The highest BCUT2D eigenvalue weighted by atomic mass is 32.2. The van der Waals surface area contributed by atoms with E-state index in [2.05, 4.69) is 5.32 Å². The summed E-state index contributed by atoms with van der Waals surface area (Å²) in [6.07, 6.45) is 4.64. The Bertz CT molecular complexity index is 641. The van der Waals surface area contributed by atoms with Crippen LogP contribution in [0.25, 0.3) is 0 Å². The van der Waals surface area contributed by atoms with Gasteiger partial charge in [0.05, 0.1) is 10.6 Å². The molecule has 0 aromatic carbocycles. The van der Waals surface area contributed by atoms with Crippen LogP contribution < -0.4 is 11.1 Å². The monoisotopic (exact) mass is 330 g/mol. The molecule has 0 bridgehead atoms. The number of rotatable bonds is 7. The average Bonchev–Trinajstić information content (AvgIpc) is 3.18. The van der Waals surface area contributed by atoms with E-state index in [0.29, 0.717) is 9.88 Å². The molecule has 0 unspecified atom stereocenters. The van der Waals surface area contributed by atoms with Gasteiger partial charge in [0.1, 0.15) is 9.90 Å². The van der Waals surface area contributed by atoms with Crippen molar-refractivity contribution < 1.29 is 13.2 Å². The van der Waals surface area contributed by atoms with Crippen LogP contribution in [0.1, 0.15) is 49.2 Å². The normalized spacial score (nSPS) is 15.4. The molecule has 7 heteroatoms. The Labute approximate surface area is 129 Å². The van der Waals surface area contributed by atoms with Crippen LogP contribution in [-0.4, -0.2) is 26.5 Å². The third-order valence-corrected chi connectivity index (χ3v) is 6.21. The smallest absolute Gasteiger partial charge is 0.180 e. The molecule has 0 atom stereocenters. The van der Waals surface area contributed by atoms with Gasteiger partial charge in [-0.3, -0.25) is 4.79 Å². The van der Waals surface area contributed by atoms with Crippen molar-refractivity contribution in [3.63, 3.8) is 0 Å². The number of nitrogens with one attached hydrogen (secondary N) is 1. The first-order valence-electron chi connectivity index (χ1n) is 7.22. The highest BCUT2D eigenvalue weighted by Crippen LogP contribution is 2.44. The van der Waals surface area contributed by atoms with Crippen molar-refractivity contribution in [2.45, 2.75) is 50.5 Å². The zero-order chi connectivity index (χ0) is 15.8. The molecule has 3 N–H and O–H groups in total. The Kier molecular flexibility index (Phi) is 4.63. The van der Waals surface area contributed by atoms with Crippen LogP contribution in [0.5, 0.6) is 0 Å². The molecule has 0 amide bonds. The van der Waals surface area contributed by atoms with Gasteiger partial charge in [0.25, 0.3) is 0 Å². The minimum Gasteiger partial charge on any atom is -0.396 e. The minimum absolute atomic E-state index is 0.0139. The zero-order valence-corrected chi connectivity index (χ0v) is 14.2. The van der Waals surface area contributed by atoms with Gasteiger partial charge in [-0.2, -0.15) is 0 Å². The SMILES string of the molecule is CCC(CC)Nc1sc(C(=O)C2CC2)c(N)c1S(C)(=O)=O. The Balaban J connectivity index is 2.47. The molecule has 0 radical (unpaired) electrons. The molecule has 1 aromatic rings. The summed E-state index contributed by atoms with van der Waals surface area (Å²) in [7, 11) is -3.47. The standard InChI is InChI=1S/C14H22N2O3S2/c1-4-9(5-2)16-14-13(21(3,18)19)10(15)12(20-14)11(17)8-6-7-8/h8-9,16H,4-7,15H2,1-3H3. The molecule has 1 fully saturated rings. The fourth-order valence-electron chi connectivity index (χ4n) is 2.28. The third kappa shape index (κ3) is 3.40. The maximum atomic E-state index is 12.3. The number of ketones is 1. The van der Waals surface area contributed by atoms with Crippen LogP contribution in [0.3, 0.4) is 0 Å². The molecule has 5 nitrogen and oxygen atoms in total. The summed E-state index contributed by atoms with van der Waals surface area (Å²) in [5.41, 5.74) is 6.10. The maximum absolute atomic E-state index is 12.3. The molecular formula is C14H22N2O3S2. The lowest BCUT2D eigenvalue weighted by atomic mass is 10.2. The summed E-state index contributed by atoms with van der Waals surface area (Å²) in [5.74, 6) is 0.0133. The lowest BCUT2D eigenvalue weighted by molar-refractivity contribution is 0.0972. The summed E-state index contributed by atoms with van der Waals surface area (Å²) >= 11 is 1.18. The van der Waals surface area contributed by atoms with Crippen molar-refractivity contribution >= 4 is 37.6 Å². The van der Waals surface area contributed by atoms with Crippen molar-refractivity contribution in [2.75, 3.05) is 17.3 Å². The van der Waals surface area contributed by atoms with Crippen LogP contribution in [0.15, 0.2) is 4.90 Å². The summed E-state index contributed by atoms with van der Waals surface area (Å²) < 4.78 is 24.1. The predicted molar refractivity (Wildman–Crippen MR) is 86.9 cm³/mol. The number of nitrogen functional groups attached to an aromatic ring is 1. The fourth-order valence-corrected chi connectivity index (χ4v) is 4.94. The molecule has 21 heavy (non-hydrogen) atoms. The van der Waals surface area contributed by atoms with Crippen molar-refractivity contribution in [3.8, 4) is 0 Å². The zero-order valence-electron chi connectivity index (χ0n) is 12.6. The number of Topliss-reactive ketones (excluding diaryl/α,β-unsaturated/α-hetero) is 1. The van der Waals surface area contributed by atoms with E-state index in [1.54, 1.807) is 0 Å². The highest BCUT2D eigenvalue weighted by molar-refractivity contribution is 7.91. The number of nitrogens with two attached hydrogens (primary N) is 1. The maximum Gasteiger partial charge on any atom is 0.180 e. The number of anilines is 2. The first-order valence-corrected chi connectivity index (χ1v) is 9.93. The molecular weight excluding hydrogens is 308 g/mol. The number of hydrogen-bond donors (Lipinski definition) is 2. The summed E-state index contributed by atoms with van der Waals surface area (Å²) in [5, 5.41) is 3.74. The fraction of sp³-hybridized carbons (Fsp3) is 0.643. The van der Waals surface area contributed by atoms with Gasteiger partial charge in [0.15, 0.2) is 15.6 Å². The van der Waals surface area contributed by atoms with E-state index in [1.165, 1.54) is 11.3 Å². The summed E-state index contributed by atoms with van der Waals surface area (Å²) in [6, 6.07) is 0.174. The molecule has 0 saturated heterocycles. The van der Waals surface area contributed by atoms with E-state index in [9.17, 15) is 13.2 Å². The Morgan fingerprint density at radius 2 is 1.95 bits per heavy atom. The Morgan fingerprint density at radius 3 is 2.38 bits per heavy atom. The van der Waals surface area contributed by atoms with Gasteiger partial charge in [-0.15, -0.1) is 11.3 Å². The van der Waals surface area contributed by atoms with Crippen LogP contribution in [0.2, 0.25) is 0 Å². The number of carbonyl (C=O) groups is 1. The average molecular weight is 330 g/mol. The van der Waals surface area contributed by atoms with Gasteiger partial charge in [-0.05, 0) is 25.7 Å². The van der Waals surface area contributed by atoms with Crippen LogP contribution in [0, 0.1) is 5.92 Å². The Hall–Kier alpha value is -1.08. The number of hydrogen-bond acceptors (Lipinski definition) is 6. The molecule has 1 aliphatic rings. The van der Waals surface area contributed by atoms with Gasteiger partial charge < -0.3 is 11.1 Å². The van der Waals surface area contributed by atoms with Crippen LogP contribution in [0.4, 0.5) is 10.7 Å². The molecule has 1 saturated carbocycles. The minimum atomic E-state index is -3.47. The second-order valence-corrected chi connectivity index (χ2v) is 8.54. The van der Waals surface area contributed by atoms with E-state index in [1.807, 2.05) is 13.8 Å². The van der Waals surface area contributed by atoms with Crippen molar-refractivity contribution in [1.82, 2.24) is 0 Å². The number of thiophene rings is 1. The van der Waals surface area contributed by atoms with Crippen LogP contribution in [-0.2, 0) is 9.84 Å². The topological polar surface area (TPSA) is 89.3 Å². The van der Waals surface area contributed by atoms with E-state index in [-0.39, 0.29) is 28.3 Å². The molecule has 1 heterocycles. The van der Waals surface area contributed by atoms with E-state index in [0.717, 1.165) is 31.9 Å². The van der Waals surface area contributed by atoms with Gasteiger partial charge in [-0.1, -0.05) is 13.8 Å². The Morgan fingerprint density at radius 1 is 1.38 bits per heavy atom. The van der Waals surface area contributed by atoms with E-state index < -0.39 is 9.84 Å². The van der Waals surface area contributed by atoms with Crippen molar-refractivity contribution in [1.29, 1.82) is 0 Å². The second-order valence-electron chi connectivity index (χ2n) is 5.57. The lowest BCUT2D eigenvalue weighted by Crippen LogP contribution is -2.17. The second kappa shape index (κ2) is 5.96. The van der Waals surface area contributed by atoms with Gasteiger partial charge in [-0.25, -0.2) is 8.42 Å². The lowest BCUT2D eigenvalue weighted by Gasteiger charge is -2.15. The predicted octanol–water partition coefficient (Wildman–Crippen LogP) is 2.93. The van der Waals surface area contributed by atoms with Crippen molar-refractivity contribution in [2.24, 2.45) is 5.92 Å². The molecule has 1 aromatic heterocycles. The summed E-state index contributed by atoms with van der Waals surface area (Å²) in [6.45, 7) is 4.07. The first-order chi connectivity index (χ1) is 9.79. The first kappa shape index (κ1) is 16.3. The number of sulfone groups is 1. The quantitative estimate of drug-likeness (QED) is 0.750. The molecule has 1 aliphatic carbocycles. The molecule has 2 rings (SSSR count). The molecule has 0 spiro atoms. The highest BCUT2D eigenvalue weighted by Gasteiger charge is 2.35. The van der Waals surface area contributed by atoms with Gasteiger partial charge in [0, 0.05) is 18.2 Å². The molecule has 118 valence electrons. The third-order valence-electron chi connectivity index (χ3n) is 3.76. The van der Waals surface area contributed by atoms with Crippen LogP contribution >= 0.6 is 11.3 Å². The van der Waals surface area contributed by atoms with Gasteiger partial charge >= 0.3 is 0 Å². The number of carbonyl (C=O) groups excluding carboxylic acids is 1. The van der Waals surface area contributed by atoms with E-state index in [4.69, 9.17) is 5.73 Å². The molecule has 0 aliphatic heterocycles. The van der Waals surface area contributed by atoms with Crippen molar-refractivity contribution in [3.05, 3.63) is 4.88 Å².